The quantitative estimate of drug-likeness (QED) is 0.320. The minimum absolute atomic E-state index is 0.0250. The van der Waals surface area contributed by atoms with Crippen molar-refractivity contribution in [1.29, 1.82) is 0 Å². The lowest BCUT2D eigenvalue weighted by atomic mass is 9.67. The molecule has 2 atom stereocenters. The van der Waals surface area contributed by atoms with E-state index in [0.717, 1.165) is 12.8 Å². The molecule has 2 unspecified atom stereocenters. The van der Waals surface area contributed by atoms with E-state index < -0.39 is 22.7 Å². The number of esters is 2. The normalized spacial score (nSPS) is 14.8. The summed E-state index contributed by atoms with van der Waals surface area (Å²) in [5.74, 6) is -1.39. The summed E-state index contributed by atoms with van der Waals surface area (Å²) in [6.07, 6.45) is 2.70. The summed E-state index contributed by atoms with van der Waals surface area (Å²) >= 11 is 0. The van der Waals surface area contributed by atoms with Crippen LogP contribution >= 0.6 is 0 Å². The monoisotopic (exact) mass is 401 g/mol. The van der Waals surface area contributed by atoms with Crippen molar-refractivity contribution in [2.75, 3.05) is 26.4 Å². The number of ether oxygens (including phenoxy) is 2. The Morgan fingerprint density at radius 2 is 1.71 bits per heavy atom. The Bertz CT molecular complexity index is 505. The third-order valence-corrected chi connectivity index (χ3v) is 5.03. The molecule has 0 aliphatic heterocycles. The van der Waals surface area contributed by atoms with E-state index in [4.69, 9.17) is 20.3 Å². The van der Waals surface area contributed by atoms with E-state index in [0.29, 0.717) is 13.0 Å². The highest BCUT2D eigenvalue weighted by atomic mass is 16.5. The lowest BCUT2D eigenvalue weighted by Crippen LogP contribution is -2.41. The number of ketones is 1. The van der Waals surface area contributed by atoms with Crippen LogP contribution in [0.25, 0.3) is 0 Å². The second-order valence-electron chi connectivity index (χ2n) is 8.27. The van der Waals surface area contributed by atoms with Crippen LogP contribution in [0.3, 0.4) is 0 Å². The molecule has 0 amide bonds. The van der Waals surface area contributed by atoms with Gasteiger partial charge in [-0.2, -0.15) is 0 Å². The lowest BCUT2D eigenvalue weighted by Gasteiger charge is -2.36. The number of aliphatic hydroxyl groups excluding tert-OH is 1. The summed E-state index contributed by atoms with van der Waals surface area (Å²) < 4.78 is 10.6. The zero-order valence-corrected chi connectivity index (χ0v) is 18.2. The minimum atomic E-state index is -1.05. The Morgan fingerprint density at radius 3 is 2.21 bits per heavy atom. The first kappa shape index (κ1) is 26.5. The van der Waals surface area contributed by atoms with E-state index in [2.05, 4.69) is 0 Å². The molecule has 3 N–H and O–H groups in total. The molecule has 0 heterocycles. The second-order valence-corrected chi connectivity index (χ2v) is 8.27. The number of carbonyl (C=O) groups is 3. The van der Waals surface area contributed by atoms with E-state index in [1.165, 1.54) is 0 Å². The molecule has 0 aliphatic rings. The smallest absolute Gasteiger partial charge is 0.311 e. The maximum Gasteiger partial charge on any atom is 0.311 e. The molecule has 0 saturated heterocycles. The molecule has 0 saturated carbocycles. The maximum atomic E-state index is 12.8. The molecule has 0 aromatic rings. The van der Waals surface area contributed by atoms with Gasteiger partial charge in [0, 0.05) is 25.0 Å². The summed E-state index contributed by atoms with van der Waals surface area (Å²) in [6.45, 7) is 9.52. The molecule has 0 aliphatic carbocycles. The molecule has 0 radical (unpaired) electrons. The molecule has 0 fully saturated rings. The Balaban J connectivity index is 5.50. The third-order valence-electron chi connectivity index (χ3n) is 5.03. The van der Waals surface area contributed by atoms with Crippen LogP contribution in [0.5, 0.6) is 0 Å². The van der Waals surface area contributed by atoms with Crippen molar-refractivity contribution in [2.45, 2.75) is 73.1 Å². The van der Waals surface area contributed by atoms with Gasteiger partial charge in [-0.25, -0.2) is 0 Å². The van der Waals surface area contributed by atoms with Gasteiger partial charge in [0.1, 0.15) is 12.4 Å². The van der Waals surface area contributed by atoms with Crippen LogP contribution in [0, 0.1) is 16.7 Å². The Hall–Kier alpha value is -1.47. The van der Waals surface area contributed by atoms with Gasteiger partial charge >= 0.3 is 11.9 Å². The Labute approximate surface area is 169 Å². The van der Waals surface area contributed by atoms with Gasteiger partial charge in [-0.1, -0.05) is 34.1 Å². The third kappa shape index (κ3) is 8.69. The predicted molar refractivity (Wildman–Crippen MR) is 107 cm³/mol. The average molecular weight is 402 g/mol. The van der Waals surface area contributed by atoms with Gasteiger partial charge in [-0.15, -0.1) is 0 Å². The number of carbonyl (C=O) groups excluding carboxylic acids is 3. The molecule has 0 spiro atoms. The van der Waals surface area contributed by atoms with E-state index in [-0.39, 0.29) is 50.8 Å². The first-order valence-corrected chi connectivity index (χ1v) is 10.3. The van der Waals surface area contributed by atoms with Crippen molar-refractivity contribution in [3.8, 4) is 0 Å². The molecular formula is C21H39NO6. The molecule has 0 bridgehead atoms. The van der Waals surface area contributed by atoms with Gasteiger partial charge in [-0.3, -0.25) is 14.4 Å². The highest BCUT2D eigenvalue weighted by Crippen LogP contribution is 2.41. The van der Waals surface area contributed by atoms with Gasteiger partial charge in [0.2, 0.25) is 0 Å². The number of aliphatic hydroxyl groups is 1. The maximum absolute atomic E-state index is 12.8. The highest BCUT2D eigenvalue weighted by Gasteiger charge is 2.45. The lowest BCUT2D eigenvalue weighted by molar-refractivity contribution is -0.161. The van der Waals surface area contributed by atoms with Gasteiger partial charge in [0.15, 0.2) is 0 Å². The molecular weight excluding hydrogens is 362 g/mol. The topological polar surface area (TPSA) is 116 Å². The summed E-state index contributed by atoms with van der Waals surface area (Å²) in [4.78, 5) is 37.7. The highest BCUT2D eigenvalue weighted by molar-refractivity contribution is 5.86. The number of Topliss-reactive ketones (excluding diaryl/α,β-unsaturated/α-hetero) is 1. The number of unbranched alkanes of at least 4 members (excludes halogenated alkanes) is 1. The largest absolute Gasteiger partial charge is 0.465 e. The van der Waals surface area contributed by atoms with Crippen LogP contribution in [-0.2, 0) is 23.9 Å². The molecule has 0 aromatic carbocycles. The molecule has 28 heavy (non-hydrogen) atoms. The minimum Gasteiger partial charge on any atom is -0.465 e. The fourth-order valence-electron chi connectivity index (χ4n) is 3.44. The van der Waals surface area contributed by atoms with Gasteiger partial charge in [0.05, 0.1) is 17.9 Å². The first-order chi connectivity index (χ1) is 13.1. The van der Waals surface area contributed by atoms with Crippen molar-refractivity contribution >= 4 is 17.7 Å². The molecule has 7 heteroatoms. The van der Waals surface area contributed by atoms with Crippen LogP contribution in [0.4, 0.5) is 0 Å². The van der Waals surface area contributed by atoms with Crippen molar-refractivity contribution in [3.63, 3.8) is 0 Å². The predicted octanol–water partition coefficient (Wildman–Crippen LogP) is 2.62. The number of nitrogens with two attached hydrogens (primary N) is 1. The average Bonchev–Trinajstić information content (AvgIpc) is 2.63. The van der Waals surface area contributed by atoms with Crippen molar-refractivity contribution in [1.82, 2.24) is 0 Å². The van der Waals surface area contributed by atoms with Crippen molar-refractivity contribution < 1.29 is 29.0 Å². The number of hydrogen-bond donors (Lipinski definition) is 2. The first-order valence-electron chi connectivity index (χ1n) is 10.3. The summed E-state index contributed by atoms with van der Waals surface area (Å²) in [7, 11) is 0. The van der Waals surface area contributed by atoms with Crippen molar-refractivity contribution in [2.24, 2.45) is 22.5 Å². The van der Waals surface area contributed by atoms with Crippen LogP contribution in [0.15, 0.2) is 0 Å². The van der Waals surface area contributed by atoms with Crippen LogP contribution in [0.1, 0.15) is 73.1 Å². The van der Waals surface area contributed by atoms with Gasteiger partial charge in [0.25, 0.3) is 0 Å². The Kier molecular flexibility index (Phi) is 12.2. The van der Waals surface area contributed by atoms with Gasteiger partial charge in [-0.05, 0) is 32.6 Å². The van der Waals surface area contributed by atoms with Gasteiger partial charge < -0.3 is 20.3 Å². The standard InChI is InChI=1S/C21H39NO6/c1-6-8-12-27-18(25)16(7-2)14-21(5,19(26)28-13-10-22)15-20(3,4)17(24)9-11-23/h16,23H,6-15,22H2,1-5H3. The molecule has 164 valence electrons. The summed E-state index contributed by atoms with van der Waals surface area (Å²) in [5, 5.41) is 9.10. The summed E-state index contributed by atoms with van der Waals surface area (Å²) in [6, 6.07) is 0. The zero-order chi connectivity index (χ0) is 21.8. The number of rotatable bonds is 15. The van der Waals surface area contributed by atoms with Crippen LogP contribution in [0.2, 0.25) is 0 Å². The van der Waals surface area contributed by atoms with Crippen LogP contribution in [-0.4, -0.2) is 49.2 Å². The van der Waals surface area contributed by atoms with Crippen molar-refractivity contribution in [3.05, 3.63) is 0 Å². The molecule has 0 rings (SSSR count). The SMILES string of the molecule is CCCCOC(=O)C(CC)CC(C)(CC(C)(C)C(=O)CCO)C(=O)OCCN. The molecule has 0 aromatic heterocycles. The Morgan fingerprint density at radius 1 is 1.07 bits per heavy atom. The summed E-state index contributed by atoms with van der Waals surface area (Å²) in [5.41, 5.74) is 3.55. The second kappa shape index (κ2) is 12.9. The van der Waals surface area contributed by atoms with E-state index in [1.54, 1.807) is 20.8 Å². The molecule has 7 nitrogen and oxygen atoms in total. The van der Waals surface area contributed by atoms with Crippen LogP contribution < -0.4 is 5.73 Å². The zero-order valence-electron chi connectivity index (χ0n) is 18.2. The fourth-order valence-corrected chi connectivity index (χ4v) is 3.44. The van der Waals surface area contributed by atoms with E-state index in [1.807, 2.05) is 13.8 Å². The van der Waals surface area contributed by atoms with E-state index in [9.17, 15) is 14.4 Å². The van der Waals surface area contributed by atoms with E-state index >= 15 is 0 Å². The fraction of sp³-hybridized carbons (Fsp3) is 0.857. The number of hydrogen-bond acceptors (Lipinski definition) is 7.